The third-order valence-corrected chi connectivity index (χ3v) is 4.77. The second kappa shape index (κ2) is 12.9. The maximum atomic E-state index is 6.05. The topological polar surface area (TPSA) is 44.5 Å². The monoisotopic (exact) mass is 339 g/mol. The van der Waals surface area contributed by atoms with Crippen molar-refractivity contribution in [3.05, 3.63) is 12.2 Å². The highest BCUT2D eigenvalue weighted by Crippen LogP contribution is 2.22. The molecule has 24 heavy (non-hydrogen) atoms. The molecule has 3 nitrogen and oxygen atoms in total. The van der Waals surface area contributed by atoms with Crippen molar-refractivity contribution in [3.63, 3.8) is 0 Å². The Morgan fingerprint density at radius 3 is 2.04 bits per heavy atom. The van der Waals surface area contributed by atoms with Crippen molar-refractivity contribution in [1.29, 1.82) is 0 Å². The van der Waals surface area contributed by atoms with E-state index in [1.807, 2.05) is 13.8 Å². The maximum Gasteiger partial charge on any atom is 0.163 e. The molecule has 2 atom stereocenters. The molecule has 142 valence electrons. The second-order valence-electron chi connectivity index (χ2n) is 7.71. The van der Waals surface area contributed by atoms with Crippen molar-refractivity contribution in [2.45, 2.75) is 116 Å². The van der Waals surface area contributed by atoms with E-state index in [2.05, 4.69) is 19.1 Å². The molecule has 0 aromatic rings. The smallest absolute Gasteiger partial charge is 0.163 e. The maximum absolute atomic E-state index is 6.05. The van der Waals surface area contributed by atoms with Crippen molar-refractivity contribution in [1.82, 2.24) is 0 Å². The molecule has 3 heteroatoms. The molecule has 0 aromatic carbocycles. The molecule has 0 saturated carbocycles. The standard InChI is InChI=1S/C21H41NO2/c1-4-5-6-7-8-9-10-11-12-13-14-15-16-17-20-19(22)18-23-21(2,3)24-20/h16-17,19-20H,4-15,18,22H2,1-3H3/t19-,20+/m0/s1. The van der Waals surface area contributed by atoms with Crippen LogP contribution < -0.4 is 5.73 Å². The zero-order chi connectivity index (χ0) is 17.7. The minimum Gasteiger partial charge on any atom is -0.349 e. The lowest BCUT2D eigenvalue weighted by Gasteiger charge is -2.38. The normalized spacial score (nSPS) is 23.8. The van der Waals surface area contributed by atoms with Crippen LogP contribution >= 0.6 is 0 Å². The molecule has 0 radical (unpaired) electrons. The summed E-state index contributed by atoms with van der Waals surface area (Å²) in [6, 6.07) is -0.0494. The van der Waals surface area contributed by atoms with Gasteiger partial charge in [-0.1, -0.05) is 83.3 Å². The molecule has 0 unspecified atom stereocenters. The van der Waals surface area contributed by atoms with Crippen molar-refractivity contribution in [3.8, 4) is 0 Å². The zero-order valence-corrected chi connectivity index (χ0v) is 16.4. The number of ether oxygens (including phenoxy) is 2. The van der Waals surface area contributed by atoms with Crippen LogP contribution in [0.2, 0.25) is 0 Å². The summed E-state index contributed by atoms with van der Waals surface area (Å²) >= 11 is 0. The van der Waals surface area contributed by atoms with Crippen LogP contribution in [-0.2, 0) is 9.47 Å². The van der Waals surface area contributed by atoms with E-state index >= 15 is 0 Å². The first-order valence-corrected chi connectivity index (χ1v) is 10.3. The molecule has 0 aliphatic carbocycles. The van der Waals surface area contributed by atoms with Gasteiger partial charge in [-0.2, -0.15) is 0 Å². The van der Waals surface area contributed by atoms with E-state index in [1.54, 1.807) is 0 Å². The second-order valence-corrected chi connectivity index (χ2v) is 7.71. The van der Waals surface area contributed by atoms with E-state index < -0.39 is 5.79 Å². The van der Waals surface area contributed by atoms with Crippen LogP contribution in [0.4, 0.5) is 0 Å². The lowest BCUT2D eigenvalue weighted by atomic mass is 10.0. The van der Waals surface area contributed by atoms with E-state index in [1.165, 1.54) is 70.6 Å². The summed E-state index contributed by atoms with van der Waals surface area (Å²) in [6.07, 6.45) is 20.8. The van der Waals surface area contributed by atoms with Crippen LogP contribution in [0.15, 0.2) is 12.2 Å². The van der Waals surface area contributed by atoms with Gasteiger partial charge in [-0.05, 0) is 26.7 Å². The molecule has 2 N–H and O–H groups in total. The molecule has 0 bridgehead atoms. The van der Waals surface area contributed by atoms with Crippen LogP contribution in [0.3, 0.4) is 0 Å². The van der Waals surface area contributed by atoms with Crippen LogP contribution in [0.5, 0.6) is 0 Å². The number of rotatable bonds is 13. The van der Waals surface area contributed by atoms with Crippen LogP contribution in [0.25, 0.3) is 0 Å². The van der Waals surface area contributed by atoms with Crippen LogP contribution in [0.1, 0.15) is 97.8 Å². The summed E-state index contributed by atoms with van der Waals surface area (Å²) in [6.45, 7) is 6.74. The van der Waals surface area contributed by atoms with Gasteiger partial charge in [-0.25, -0.2) is 0 Å². The van der Waals surface area contributed by atoms with E-state index in [0.29, 0.717) is 6.61 Å². The highest BCUT2D eigenvalue weighted by molar-refractivity contribution is 4.97. The molecular formula is C21H41NO2. The number of nitrogens with two attached hydrogens (primary N) is 1. The van der Waals surface area contributed by atoms with Crippen LogP contribution in [0, 0.1) is 0 Å². The third-order valence-electron chi connectivity index (χ3n) is 4.77. The largest absolute Gasteiger partial charge is 0.349 e. The molecule has 1 aliphatic rings. The van der Waals surface area contributed by atoms with Gasteiger partial charge in [-0.3, -0.25) is 0 Å². The number of unbranched alkanes of at least 4 members (excludes halogenated alkanes) is 11. The van der Waals surface area contributed by atoms with Gasteiger partial charge in [0.05, 0.1) is 18.8 Å². The summed E-state index contributed by atoms with van der Waals surface area (Å²) in [5.74, 6) is -0.512. The van der Waals surface area contributed by atoms with Crippen molar-refractivity contribution in [2.75, 3.05) is 6.61 Å². The lowest BCUT2D eigenvalue weighted by Crippen LogP contribution is -2.51. The summed E-state index contributed by atoms with van der Waals surface area (Å²) in [7, 11) is 0. The Morgan fingerprint density at radius 2 is 1.46 bits per heavy atom. The quantitative estimate of drug-likeness (QED) is 0.344. The Hall–Kier alpha value is -0.380. The van der Waals surface area contributed by atoms with Crippen molar-refractivity contribution in [2.24, 2.45) is 5.73 Å². The Balaban J connectivity index is 1.92. The molecule has 1 rings (SSSR count). The van der Waals surface area contributed by atoms with Crippen molar-refractivity contribution >= 4 is 0 Å². The van der Waals surface area contributed by atoms with Gasteiger partial charge in [0.2, 0.25) is 0 Å². The number of hydrogen-bond acceptors (Lipinski definition) is 3. The fourth-order valence-electron chi connectivity index (χ4n) is 3.18. The summed E-state index contributed by atoms with van der Waals surface area (Å²) in [5, 5.41) is 0. The van der Waals surface area contributed by atoms with Gasteiger partial charge in [0.25, 0.3) is 0 Å². The molecule has 1 fully saturated rings. The molecule has 1 aliphatic heterocycles. The molecule has 0 amide bonds. The van der Waals surface area contributed by atoms with Gasteiger partial charge >= 0.3 is 0 Å². The SMILES string of the molecule is CCCCCCCCCCCCCC=C[C@H]1OC(C)(C)OC[C@@H]1N. The summed E-state index contributed by atoms with van der Waals surface area (Å²) in [4.78, 5) is 0. The third kappa shape index (κ3) is 10.5. The van der Waals surface area contributed by atoms with E-state index in [-0.39, 0.29) is 12.1 Å². The van der Waals surface area contributed by atoms with Crippen LogP contribution in [-0.4, -0.2) is 24.5 Å². The molecule has 0 spiro atoms. The minimum absolute atomic E-state index is 0.0125. The van der Waals surface area contributed by atoms with Gasteiger partial charge in [0.1, 0.15) is 0 Å². The molecule has 0 aromatic heterocycles. The predicted octanol–water partition coefficient (Wildman–Crippen LogP) is 5.72. The Kier molecular flexibility index (Phi) is 11.7. The number of hydrogen-bond donors (Lipinski definition) is 1. The minimum atomic E-state index is -0.512. The van der Waals surface area contributed by atoms with Crippen molar-refractivity contribution < 1.29 is 9.47 Å². The number of allylic oxidation sites excluding steroid dienone is 1. The predicted molar refractivity (Wildman–Crippen MR) is 103 cm³/mol. The fraction of sp³-hybridized carbons (Fsp3) is 0.905. The van der Waals surface area contributed by atoms with E-state index in [4.69, 9.17) is 15.2 Å². The zero-order valence-electron chi connectivity index (χ0n) is 16.4. The van der Waals surface area contributed by atoms with E-state index in [9.17, 15) is 0 Å². The highest BCUT2D eigenvalue weighted by Gasteiger charge is 2.32. The summed E-state index contributed by atoms with van der Waals surface area (Å²) < 4.78 is 11.4. The Morgan fingerprint density at radius 1 is 0.917 bits per heavy atom. The molecule has 1 saturated heterocycles. The van der Waals surface area contributed by atoms with E-state index in [0.717, 1.165) is 6.42 Å². The first kappa shape index (κ1) is 21.7. The highest BCUT2D eigenvalue weighted by atomic mass is 16.7. The fourth-order valence-corrected chi connectivity index (χ4v) is 3.18. The van der Waals surface area contributed by atoms with Gasteiger partial charge in [0.15, 0.2) is 5.79 Å². The van der Waals surface area contributed by atoms with Gasteiger partial charge in [-0.15, -0.1) is 0 Å². The lowest BCUT2D eigenvalue weighted by molar-refractivity contribution is -0.268. The first-order valence-electron chi connectivity index (χ1n) is 10.3. The first-order chi connectivity index (χ1) is 11.5. The Labute approximate surface area is 150 Å². The van der Waals surface area contributed by atoms with Gasteiger partial charge < -0.3 is 15.2 Å². The average molecular weight is 340 g/mol. The average Bonchev–Trinajstić information content (AvgIpc) is 2.55. The Bertz CT molecular complexity index is 328. The molecule has 1 heterocycles. The van der Waals surface area contributed by atoms with Gasteiger partial charge in [0, 0.05) is 0 Å². The summed E-state index contributed by atoms with van der Waals surface area (Å²) in [5.41, 5.74) is 6.05. The molecular weight excluding hydrogens is 298 g/mol.